The van der Waals surface area contributed by atoms with Crippen molar-refractivity contribution in [3.8, 4) is 0 Å². The van der Waals surface area contributed by atoms with Crippen LogP contribution in [0.15, 0.2) is 47.9 Å². The van der Waals surface area contributed by atoms with E-state index in [1.54, 1.807) is 6.08 Å². The molecule has 0 N–H and O–H groups in total. The van der Waals surface area contributed by atoms with Crippen LogP contribution in [0.25, 0.3) is 6.08 Å². The van der Waals surface area contributed by atoms with Crippen LogP contribution in [0.5, 0.6) is 0 Å². The zero-order valence-electron chi connectivity index (χ0n) is 9.94. The quantitative estimate of drug-likeness (QED) is 0.602. The Hall–Kier alpha value is -1.88. The zero-order valence-corrected chi connectivity index (χ0v) is 10.8. The van der Waals surface area contributed by atoms with Crippen molar-refractivity contribution in [1.82, 2.24) is 0 Å². The zero-order chi connectivity index (χ0) is 13.4. The predicted molar refractivity (Wildman–Crippen MR) is 70.4 cm³/mol. The van der Waals surface area contributed by atoms with Gasteiger partial charge in [-0.1, -0.05) is 30.3 Å². The van der Waals surface area contributed by atoms with Crippen molar-refractivity contribution >= 4 is 21.9 Å². The van der Waals surface area contributed by atoms with E-state index in [-0.39, 0.29) is 6.61 Å². The molecule has 0 atom stereocenters. The number of esters is 1. The first kappa shape index (κ1) is 14.2. The smallest absolute Gasteiger partial charge is 0.331 e. The van der Waals surface area contributed by atoms with Crippen LogP contribution < -0.4 is 0 Å². The molecule has 0 radical (unpaired) electrons. The molecule has 0 aliphatic carbocycles. The molecule has 96 valence electrons. The molecule has 0 unspecified atom stereocenters. The van der Waals surface area contributed by atoms with Gasteiger partial charge in [0, 0.05) is 17.7 Å². The summed E-state index contributed by atoms with van der Waals surface area (Å²) in [5.41, 5.74) is 0.890. The van der Waals surface area contributed by atoms with E-state index in [1.165, 1.54) is 12.2 Å². The van der Waals surface area contributed by atoms with Crippen LogP contribution in [0.4, 0.5) is 0 Å². The molecule has 0 heterocycles. The van der Waals surface area contributed by atoms with E-state index < -0.39 is 15.8 Å². The summed E-state index contributed by atoms with van der Waals surface area (Å²) in [6.07, 6.45) is 5.27. The minimum Gasteiger partial charge on any atom is -0.458 e. The first-order valence-corrected chi connectivity index (χ1v) is 7.19. The third-order valence-corrected chi connectivity index (χ3v) is 2.56. The van der Waals surface area contributed by atoms with Gasteiger partial charge in [0.25, 0.3) is 0 Å². The normalized spacial score (nSPS) is 12.1. The summed E-state index contributed by atoms with van der Waals surface area (Å²) in [4.78, 5) is 11.2. The molecule has 0 amide bonds. The van der Waals surface area contributed by atoms with Crippen LogP contribution in [-0.2, 0) is 19.4 Å². The summed E-state index contributed by atoms with van der Waals surface area (Å²) in [6.45, 7) is -0.0645. The van der Waals surface area contributed by atoms with Crippen molar-refractivity contribution < 1.29 is 17.9 Å². The molecule has 0 aliphatic rings. The molecular weight excluding hydrogens is 252 g/mol. The van der Waals surface area contributed by atoms with Gasteiger partial charge in [-0.3, -0.25) is 0 Å². The summed E-state index contributed by atoms with van der Waals surface area (Å²) in [7, 11) is -3.17. The van der Waals surface area contributed by atoms with E-state index in [2.05, 4.69) is 0 Å². The third kappa shape index (κ3) is 6.65. The molecule has 1 rings (SSSR count). The molecule has 5 heteroatoms. The maximum atomic E-state index is 11.2. The van der Waals surface area contributed by atoms with E-state index in [0.29, 0.717) is 0 Å². The SMILES string of the molecule is CS(=O)(=O)C=CCOC(=O)/C=C/c1ccccc1. The Morgan fingerprint density at radius 2 is 1.94 bits per heavy atom. The molecule has 18 heavy (non-hydrogen) atoms. The summed E-state index contributed by atoms with van der Waals surface area (Å²) >= 11 is 0. The fourth-order valence-electron chi connectivity index (χ4n) is 1.12. The second kappa shape index (κ2) is 6.76. The van der Waals surface area contributed by atoms with Gasteiger partial charge in [0.1, 0.15) is 6.61 Å². The number of benzene rings is 1. The Morgan fingerprint density at radius 3 is 2.56 bits per heavy atom. The lowest BCUT2D eigenvalue weighted by Gasteiger charge is -1.96. The van der Waals surface area contributed by atoms with Crippen LogP contribution >= 0.6 is 0 Å². The molecule has 4 nitrogen and oxygen atoms in total. The molecule has 0 aromatic heterocycles. The van der Waals surface area contributed by atoms with Crippen molar-refractivity contribution in [2.45, 2.75) is 0 Å². The van der Waals surface area contributed by atoms with Crippen molar-refractivity contribution in [1.29, 1.82) is 0 Å². The van der Waals surface area contributed by atoms with Crippen LogP contribution in [0.1, 0.15) is 5.56 Å². The highest BCUT2D eigenvalue weighted by Crippen LogP contribution is 2.01. The van der Waals surface area contributed by atoms with E-state index in [4.69, 9.17) is 4.74 Å². The first-order chi connectivity index (χ1) is 8.47. The monoisotopic (exact) mass is 266 g/mol. The number of hydrogen-bond acceptors (Lipinski definition) is 4. The number of hydrogen-bond donors (Lipinski definition) is 0. The van der Waals surface area contributed by atoms with Gasteiger partial charge in [-0.2, -0.15) is 0 Å². The number of carbonyl (C=O) groups excluding carboxylic acids is 1. The van der Waals surface area contributed by atoms with Crippen molar-refractivity contribution in [2.24, 2.45) is 0 Å². The van der Waals surface area contributed by atoms with Crippen LogP contribution in [0.2, 0.25) is 0 Å². The molecule has 0 aliphatic heterocycles. The summed E-state index contributed by atoms with van der Waals surface area (Å²) < 4.78 is 26.3. The van der Waals surface area contributed by atoms with Gasteiger partial charge in [-0.25, -0.2) is 13.2 Å². The van der Waals surface area contributed by atoms with E-state index >= 15 is 0 Å². The van der Waals surface area contributed by atoms with Crippen LogP contribution in [0.3, 0.4) is 0 Å². The van der Waals surface area contributed by atoms with E-state index in [1.807, 2.05) is 30.3 Å². The average Bonchev–Trinajstić information content (AvgIpc) is 2.32. The maximum absolute atomic E-state index is 11.2. The second-order valence-electron chi connectivity index (χ2n) is 3.58. The fraction of sp³-hybridized carbons (Fsp3) is 0.154. The number of carbonyl (C=O) groups is 1. The Morgan fingerprint density at radius 1 is 1.28 bits per heavy atom. The van der Waals surface area contributed by atoms with Crippen molar-refractivity contribution in [2.75, 3.05) is 12.9 Å². The Bertz CT molecular complexity index is 542. The highest BCUT2D eigenvalue weighted by atomic mass is 32.2. The van der Waals surface area contributed by atoms with Gasteiger partial charge < -0.3 is 4.74 Å². The number of sulfone groups is 1. The van der Waals surface area contributed by atoms with Crippen LogP contribution in [0, 0.1) is 0 Å². The maximum Gasteiger partial charge on any atom is 0.331 e. The Kier molecular flexibility index (Phi) is 5.32. The average molecular weight is 266 g/mol. The van der Waals surface area contributed by atoms with Gasteiger partial charge >= 0.3 is 5.97 Å². The lowest BCUT2D eigenvalue weighted by molar-refractivity contribution is -0.136. The molecule has 1 aromatic rings. The van der Waals surface area contributed by atoms with Gasteiger partial charge in [0.2, 0.25) is 0 Å². The molecule has 1 aromatic carbocycles. The lowest BCUT2D eigenvalue weighted by atomic mass is 10.2. The van der Waals surface area contributed by atoms with E-state index in [0.717, 1.165) is 17.2 Å². The molecule has 0 saturated carbocycles. The minimum atomic E-state index is -3.17. The minimum absolute atomic E-state index is 0.0645. The first-order valence-electron chi connectivity index (χ1n) is 5.24. The highest BCUT2D eigenvalue weighted by molar-refractivity contribution is 7.93. The van der Waals surface area contributed by atoms with Gasteiger partial charge in [-0.05, 0) is 17.7 Å². The molecule has 0 fully saturated rings. The second-order valence-corrected chi connectivity index (χ2v) is 5.51. The van der Waals surface area contributed by atoms with Gasteiger partial charge in [0.05, 0.1) is 0 Å². The van der Waals surface area contributed by atoms with Crippen molar-refractivity contribution in [3.63, 3.8) is 0 Å². The van der Waals surface area contributed by atoms with Crippen LogP contribution in [-0.4, -0.2) is 27.2 Å². The fourth-order valence-corrected chi connectivity index (χ4v) is 1.55. The topological polar surface area (TPSA) is 60.4 Å². The Balaban J connectivity index is 2.39. The highest BCUT2D eigenvalue weighted by Gasteiger charge is 1.96. The third-order valence-electron chi connectivity index (χ3n) is 1.88. The Labute approximate surface area is 107 Å². The lowest BCUT2D eigenvalue weighted by Crippen LogP contribution is -2.00. The summed E-state index contributed by atoms with van der Waals surface area (Å²) in [6, 6.07) is 9.31. The van der Waals surface area contributed by atoms with Crippen molar-refractivity contribution in [3.05, 3.63) is 53.5 Å². The number of rotatable bonds is 5. The van der Waals surface area contributed by atoms with Gasteiger partial charge in [0.15, 0.2) is 9.84 Å². The molecule has 0 spiro atoms. The molecular formula is C13H14O4S. The summed E-state index contributed by atoms with van der Waals surface area (Å²) in [5, 5.41) is 1.00. The van der Waals surface area contributed by atoms with Gasteiger partial charge in [-0.15, -0.1) is 0 Å². The number of ether oxygens (including phenoxy) is 1. The molecule has 0 bridgehead atoms. The predicted octanol–water partition coefficient (Wildman–Crippen LogP) is 1.80. The standard InChI is InChI=1S/C13H14O4S/c1-18(15,16)11-5-10-17-13(14)9-8-12-6-3-2-4-7-12/h2-9,11H,10H2,1H3/b9-8+,11-5?. The molecule has 0 saturated heterocycles. The largest absolute Gasteiger partial charge is 0.458 e. The van der Waals surface area contributed by atoms with E-state index in [9.17, 15) is 13.2 Å². The summed E-state index contributed by atoms with van der Waals surface area (Å²) in [5.74, 6) is -0.517.